The van der Waals surface area contributed by atoms with Gasteiger partial charge in [-0.05, 0) is 255 Å². The fourth-order valence-electron chi connectivity index (χ4n) is 22.3. The number of nitrogens with one attached hydrogen (secondary N) is 1. The van der Waals surface area contributed by atoms with Gasteiger partial charge >= 0.3 is 19.1 Å². The fraction of sp³-hybridized carbons (Fsp3) is 0.600. The Morgan fingerprint density at radius 1 is 0.465 bits per heavy atom. The number of aromatic nitrogens is 18. The first kappa shape index (κ1) is 102. The summed E-state index contributed by atoms with van der Waals surface area (Å²) in [6.45, 7) is 34.3. The van der Waals surface area contributed by atoms with Crippen molar-refractivity contribution >= 4 is 113 Å². The normalized spacial score (nSPS) is 27.3. The molecule has 5 unspecified atom stereocenters. The summed E-state index contributed by atoms with van der Waals surface area (Å²) < 4.78 is 92.4. The molecule has 0 spiro atoms. The van der Waals surface area contributed by atoms with Crippen molar-refractivity contribution < 1.29 is 65.9 Å². The van der Waals surface area contributed by atoms with Crippen LogP contribution in [0.2, 0.25) is 51.3 Å². The Morgan fingerprint density at radius 3 is 1.37 bits per heavy atom. The first-order chi connectivity index (χ1) is 68.8. The van der Waals surface area contributed by atoms with Crippen molar-refractivity contribution in [1.82, 2.24) is 88.3 Å². The molecule has 9 fully saturated rings. The predicted octanol–water partition coefficient (Wildman–Crippen LogP) is 19.3. The summed E-state index contributed by atoms with van der Waals surface area (Å²) in [5, 5.41) is 24.8. The molecule has 2 saturated carbocycles. The molecule has 0 bridgehead atoms. The van der Waals surface area contributed by atoms with Crippen molar-refractivity contribution in [3.8, 4) is 40.3 Å². The number of fused-ring (bicyclic) bond motifs is 9. The number of pyridine rings is 6. The van der Waals surface area contributed by atoms with Crippen LogP contribution in [0.3, 0.4) is 0 Å². The highest BCUT2D eigenvalue weighted by molar-refractivity contribution is 9.10. The second kappa shape index (κ2) is 40.6. The average molecular weight is 2130 g/mol. The topological polar surface area (TPSA) is 335 Å². The van der Waals surface area contributed by atoms with E-state index in [1.807, 2.05) is 121 Å². The molecule has 768 valence electrons. The number of H-pyrrole nitrogens is 1. The molecule has 17 atom stereocenters. The van der Waals surface area contributed by atoms with Crippen LogP contribution in [-0.4, -0.2) is 229 Å². The molecule has 5 aliphatic carbocycles. The van der Waals surface area contributed by atoms with Crippen molar-refractivity contribution in [2.24, 2.45) is 33.0 Å². The van der Waals surface area contributed by atoms with E-state index < -0.39 is 22.7 Å². The van der Waals surface area contributed by atoms with Gasteiger partial charge in [-0.25, -0.2) is 15.0 Å². The van der Waals surface area contributed by atoms with E-state index in [9.17, 15) is 5.11 Å². The smallest absolute Gasteiger partial charge is 0.458 e. The molecular formula is C105H135BBrCl3N18O14Si2. The second-order valence-electron chi connectivity index (χ2n) is 45.5. The number of halogens is 4. The molecule has 39 heteroatoms. The number of aryl methyl sites for hydroxylation is 6. The van der Waals surface area contributed by atoms with Crippen LogP contribution in [0.5, 0.6) is 18.0 Å². The Balaban J connectivity index is 0.000000119. The molecule has 12 aromatic heterocycles. The van der Waals surface area contributed by atoms with E-state index in [2.05, 4.69) is 136 Å². The monoisotopic (exact) mass is 2120 g/mol. The first-order valence-electron chi connectivity index (χ1n) is 51.6. The SMILES string of the molecule is CC(C)(C)[Si](C)(C)O[C@@H]1CC[C@H]2[C@@H]1OC[C@H]2Oc1nc2cc(Cl)c(CC3CCc4cc(Br)cnc43)nc2n1C1CCCCO1.Cn1cc(-c2cnc3c(c2)CCC3Cc2nc3c(cc2Cl)nc(O[C@@H]2CO[C@H]4[C@@H]2CC[C@H]4O[Si](C)(C)C(C)(C)C)n3C2CCCCO2)cn1.Cn1cc(-c2cnc3c(c2)CCC3Cc2nc3nc(O[C@@H]4CO[C@H]5[C@@H]4OC[C@H]5O)[nH]c3cc2Cl)cn1.Cn1cc(B2OC(C)(C)C(C)(C)O2)cn1. The number of imidazole rings is 3. The van der Waals surface area contributed by atoms with Gasteiger partial charge in [0.1, 0.15) is 54.0 Å². The van der Waals surface area contributed by atoms with Gasteiger partial charge in [0.25, 0.3) is 6.01 Å². The number of rotatable bonds is 21. The lowest BCUT2D eigenvalue weighted by Crippen LogP contribution is -2.46. The van der Waals surface area contributed by atoms with Crippen molar-refractivity contribution in [3.05, 3.63) is 163 Å². The van der Waals surface area contributed by atoms with Crippen LogP contribution in [0.25, 0.3) is 55.7 Å². The maximum atomic E-state index is 9.94. The number of aromatic amines is 1. The van der Waals surface area contributed by atoms with E-state index >= 15 is 0 Å². The third kappa shape index (κ3) is 20.7. The van der Waals surface area contributed by atoms with Gasteiger partial charge in [0.2, 0.25) is 0 Å². The predicted molar refractivity (Wildman–Crippen MR) is 557 cm³/mol. The van der Waals surface area contributed by atoms with Crippen molar-refractivity contribution in [3.63, 3.8) is 0 Å². The molecule has 0 amide bonds. The van der Waals surface area contributed by atoms with Crippen molar-refractivity contribution in [1.29, 1.82) is 0 Å². The maximum Gasteiger partial charge on any atom is 0.498 e. The number of aliphatic hydroxyl groups excluding tert-OH is 1. The lowest BCUT2D eigenvalue weighted by Gasteiger charge is -2.39. The molecule has 32 nitrogen and oxygen atoms in total. The Labute approximate surface area is 867 Å². The van der Waals surface area contributed by atoms with Gasteiger partial charge in [0, 0.05) is 157 Å². The molecule has 19 heterocycles. The lowest BCUT2D eigenvalue weighted by atomic mass is 9.82. The molecule has 12 aliphatic rings. The summed E-state index contributed by atoms with van der Waals surface area (Å²) in [6.07, 6.45) is 33.7. The summed E-state index contributed by atoms with van der Waals surface area (Å²) in [5.41, 5.74) is 18.8. The third-order valence-electron chi connectivity index (χ3n) is 33.0. The second-order valence-corrected chi connectivity index (χ2v) is 57.1. The van der Waals surface area contributed by atoms with Gasteiger partial charge in [-0.3, -0.25) is 38.1 Å². The Bertz CT molecular complexity index is 6670. The molecule has 2 N–H and O–H groups in total. The minimum Gasteiger partial charge on any atom is -0.458 e. The van der Waals surface area contributed by atoms with Crippen LogP contribution in [0, 0.1) is 11.8 Å². The Morgan fingerprint density at radius 2 is 0.910 bits per heavy atom. The zero-order valence-corrected chi connectivity index (χ0v) is 91.5. The highest BCUT2D eigenvalue weighted by atomic mass is 79.9. The minimum atomic E-state index is -1.92. The van der Waals surface area contributed by atoms with E-state index in [1.165, 1.54) is 16.7 Å². The minimum absolute atomic E-state index is 0.0467. The number of nitrogens with zero attached hydrogens (tertiary/aromatic N) is 17. The standard InChI is InChI=1S/C37H49ClN6O4Si.C33H44BrClN4O4Si.C25H25ClN6O4.C10H17BN2O2/c1-37(2,3)49(5,6)48-30-13-12-26-31(21-46-34(26)30)47-36-42-29-17-27(38)28(41-35(29)44(36)32-9-7-8-14-45-32)16-23-11-10-22-15-24(18-39-33(22)23)25-19-40-43(4)20-25;1-33(2,3)44(4,5)43-26-12-11-22-27(18-41-30(22)26)42-32-38-25-16-23(35)24(37-31(25)39(32)28-8-6-7-13-40-28)15-20-10-9-19-14-21(34)17-36-29(19)20;1-32-9-15(8-28-32)14-4-12-2-3-13(21(12)27-7-14)5-17-16(26)6-18-24(29-17)31-25(30-18)36-20-11-35-22-19(33)10-34-23(20)22;1-9(2)10(3,4)15-11(14-9)8-6-12-13(5)7-8/h15,17-20,23,26,30-32,34H,7-14,16,21H2,1-6H3;14,16-17,20,22,26-28,30H,6-13,15,18H2,1-5H3;4,6-9,13,19-20,22-23,33H,2-3,5,10-11H2,1H3,(H,29,30,31);6-7H,1-5H3/t23?,26-,30-,31-,32?,34+;20?,22-,26-,27-,28?,30+;13?,19-,20-,22-,23-;/m111./s1. The van der Waals surface area contributed by atoms with Crippen LogP contribution >= 0.6 is 50.7 Å². The average Bonchev–Trinajstić information content (AvgIpc) is 1.58. The van der Waals surface area contributed by atoms with E-state index in [0.29, 0.717) is 90.1 Å². The van der Waals surface area contributed by atoms with Crippen molar-refractivity contribution in [2.75, 3.05) is 39.6 Å². The molecule has 0 radical (unpaired) electrons. The van der Waals surface area contributed by atoms with Crippen LogP contribution < -0.4 is 19.7 Å². The quantitative estimate of drug-likeness (QED) is 0.0631. The van der Waals surface area contributed by atoms with E-state index in [1.54, 1.807) is 15.6 Å². The van der Waals surface area contributed by atoms with Gasteiger partial charge in [-0.1, -0.05) is 76.3 Å². The van der Waals surface area contributed by atoms with Gasteiger partial charge in [0.05, 0.1) is 112 Å². The van der Waals surface area contributed by atoms with Crippen molar-refractivity contribution in [2.45, 2.75) is 330 Å². The molecule has 7 aliphatic heterocycles. The molecular weight excluding hydrogens is 1990 g/mol. The molecule has 0 aromatic carbocycles. The van der Waals surface area contributed by atoms with E-state index in [4.69, 9.17) is 135 Å². The number of aliphatic hydroxyl groups is 1. The van der Waals surface area contributed by atoms with Gasteiger partial charge in [-0.15, -0.1) is 0 Å². The largest absolute Gasteiger partial charge is 0.498 e. The summed E-state index contributed by atoms with van der Waals surface area (Å²) in [7, 11) is 1.60. The van der Waals surface area contributed by atoms with E-state index in [0.717, 1.165) is 198 Å². The van der Waals surface area contributed by atoms with Gasteiger partial charge in [0.15, 0.2) is 39.7 Å². The first-order valence-corrected chi connectivity index (χ1v) is 59.4. The highest BCUT2D eigenvalue weighted by Gasteiger charge is 2.56. The summed E-state index contributed by atoms with van der Waals surface area (Å²) >= 11 is 24.0. The van der Waals surface area contributed by atoms with Crippen LogP contribution in [-0.2, 0) is 106 Å². The van der Waals surface area contributed by atoms with Crippen LogP contribution in [0.1, 0.15) is 234 Å². The summed E-state index contributed by atoms with van der Waals surface area (Å²) in [5.74, 6) is 1.31. The maximum absolute atomic E-state index is 9.94. The molecule has 24 rings (SSSR count). The molecule has 12 aromatic rings. The number of hydrogen-bond donors (Lipinski definition) is 2. The Kier molecular flexibility index (Phi) is 28.6. The number of hydrogen-bond acceptors (Lipinski definition) is 26. The number of ether oxygens (including phenoxy) is 9. The van der Waals surface area contributed by atoms with Gasteiger partial charge in [-0.2, -0.15) is 30.2 Å². The zero-order chi connectivity index (χ0) is 101. The zero-order valence-electron chi connectivity index (χ0n) is 85.6. The summed E-state index contributed by atoms with van der Waals surface area (Å²) in [6, 6.07) is 13.8. The van der Waals surface area contributed by atoms with Crippen LogP contribution in [0.15, 0.2) is 96.6 Å². The lowest BCUT2D eigenvalue weighted by molar-refractivity contribution is -0.0371. The highest BCUT2D eigenvalue weighted by Crippen LogP contribution is 2.51. The Hall–Kier alpha value is -8.25. The molecule has 144 heavy (non-hydrogen) atoms. The van der Waals surface area contributed by atoms with E-state index in [-0.39, 0.29) is 132 Å². The molecule has 7 saturated heterocycles. The third-order valence-corrected chi connectivity index (χ3v) is 43.4. The van der Waals surface area contributed by atoms with Crippen LogP contribution in [0.4, 0.5) is 0 Å². The van der Waals surface area contributed by atoms with Gasteiger partial charge < -0.3 is 70.9 Å². The fourth-order valence-corrected chi connectivity index (χ4v) is 26.1. The summed E-state index contributed by atoms with van der Waals surface area (Å²) in [4.78, 5) is 47.3.